The standard InChI is InChI=1S/C11H15N5O4/c1-14-9-8(10(19)15(2)11(14)20)16(5-13-9)4-7(18)3-12-6-17/h5-7,18H,3-4H2,1-2H3,(H,12,17)/t7-/m1/s1. The van der Waals surface area contributed by atoms with Gasteiger partial charge in [0.1, 0.15) is 0 Å². The molecule has 0 aliphatic carbocycles. The smallest absolute Gasteiger partial charge is 0.332 e. The summed E-state index contributed by atoms with van der Waals surface area (Å²) in [5, 5.41) is 12.1. The zero-order chi connectivity index (χ0) is 14.9. The van der Waals surface area contributed by atoms with E-state index >= 15 is 0 Å². The lowest BCUT2D eigenvalue weighted by Gasteiger charge is -2.11. The molecule has 2 aromatic rings. The van der Waals surface area contributed by atoms with Crippen molar-refractivity contribution < 1.29 is 9.90 Å². The number of carbonyl (C=O) groups excluding carboxylic acids is 1. The molecule has 0 spiro atoms. The van der Waals surface area contributed by atoms with E-state index < -0.39 is 17.4 Å². The van der Waals surface area contributed by atoms with Gasteiger partial charge in [-0.15, -0.1) is 0 Å². The number of nitrogens with one attached hydrogen (secondary N) is 1. The first-order chi connectivity index (χ1) is 9.47. The van der Waals surface area contributed by atoms with Crippen molar-refractivity contribution in [2.24, 2.45) is 14.1 Å². The maximum absolute atomic E-state index is 12.1. The monoisotopic (exact) mass is 281 g/mol. The average Bonchev–Trinajstić information content (AvgIpc) is 2.84. The Labute approximate surface area is 113 Å². The summed E-state index contributed by atoms with van der Waals surface area (Å²) < 4.78 is 3.72. The van der Waals surface area contributed by atoms with E-state index in [9.17, 15) is 19.5 Å². The Morgan fingerprint density at radius 3 is 2.75 bits per heavy atom. The molecule has 9 heteroatoms. The first-order valence-corrected chi connectivity index (χ1v) is 5.93. The zero-order valence-electron chi connectivity index (χ0n) is 11.1. The summed E-state index contributed by atoms with van der Waals surface area (Å²) in [5.74, 6) is 0. The molecule has 2 N–H and O–H groups in total. The summed E-state index contributed by atoms with van der Waals surface area (Å²) in [5.41, 5.74) is -0.444. The summed E-state index contributed by atoms with van der Waals surface area (Å²) in [4.78, 5) is 38.1. The van der Waals surface area contributed by atoms with Crippen LogP contribution in [0.5, 0.6) is 0 Å². The third-order valence-corrected chi connectivity index (χ3v) is 3.06. The van der Waals surface area contributed by atoms with Gasteiger partial charge < -0.3 is 15.0 Å². The Morgan fingerprint density at radius 1 is 1.40 bits per heavy atom. The van der Waals surface area contributed by atoms with E-state index in [1.165, 1.54) is 29.6 Å². The number of aliphatic hydroxyl groups is 1. The highest BCUT2D eigenvalue weighted by molar-refractivity contribution is 5.69. The van der Waals surface area contributed by atoms with E-state index in [1.54, 1.807) is 0 Å². The second kappa shape index (κ2) is 5.29. The van der Waals surface area contributed by atoms with Gasteiger partial charge in [-0.2, -0.15) is 0 Å². The summed E-state index contributed by atoms with van der Waals surface area (Å²) in [7, 11) is 2.90. The molecule has 0 radical (unpaired) electrons. The Bertz CT molecular complexity index is 756. The SMILES string of the molecule is Cn1c(=O)c2c(ncn2C[C@H](O)CNC=O)n(C)c1=O. The predicted octanol–water partition coefficient (Wildman–Crippen LogP) is -2.46. The number of hydrogen-bond donors (Lipinski definition) is 2. The van der Waals surface area contributed by atoms with Crippen LogP contribution in [0.3, 0.4) is 0 Å². The molecule has 108 valence electrons. The lowest BCUT2D eigenvalue weighted by Crippen LogP contribution is -2.38. The van der Waals surface area contributed by atoms with Crippen molar-refractivity contribution in [2.45, 2.75) is 12.6 Å². The maximum Gasteiger partial charge on any atom is 0.332 e. The number of fused-ring (bicyclic) bond motifs is 1. The maximum atomic E-state index is 12.1. The van der Waals surface area contributed by atoms with Crippen LogP contribution in [-0.2, 0) is 25.4 Å². The highest BCUT2D eigenvalue weighted by atomic mass is 16.3. The number of amides is 1. The average molecular weight is 281 g/mol. The first-order valence-electron chi connectivity index (χ1n) is 5.93. The van der Waals surface area contributed by atoms with E-state index in [0.29, 0.717) is 6.41 Å². The fourth-order valence-corrected chi connectivity index (χ4v) is 2.01. The van der Waals surface area contributed by atoms with Gasteiger partial charge in [-0.1, -0.05) is 0 Å². The molecule has 1 amide bonds. The van der Waals surface area contributed by atoms with E-state index in [0.717, 1.165) is 4.57 Å². The lowest BCUT2D eigenvalue weighted by atomic mass is 10.3. The van der Waals surface area contributed by atoms with Crippen LogP contribution >= 0.6 is 0 Å². The van der Waals surface area contributed by atoms with E-state index in [2.05, 4.69) is 10.3 Å². The van der Waals surface area contributed by atoms with Crippen molar-refractivity contribution >= 4 is 17.6 Å². The van der Waals surface area contributed by atoms with E-state index in [4.69, 9.17) is 0 Å². The number of aromatic nitrogens is 4. The molecule has 2 heterocycles. The summed E-state index contributed by atoms with van der Waals surface area (Å²) >= 11 is 0. The molecule has 0 aliphatic rings. The summed E-state index contributed by atoms with van der Waals surface area (Å²) in [6.07, 6.45) is 1.01. The molecule has 2 aromatic heterocycles. The third kappa shape index (κ3) is 2.23. The quantitative estimate of drug-likeness (QED) is 0.590. The number of carbonyl (C=O) groups is 1. The summed E-state index contributed by atoms with van der Waals surface area (Å²) in [6.45, 7) is 0.153. The van der Waals surface area contributed by atoms with Crippen molar-refractivity contribution in [3.63, 3.8) is 0 Å². The molecular formula is C11H15N5O4. The van der Waals surface area contributed by atoms with Crippen molar-refractivity contribution in [2.75, 3.05) is 6.54 Å². The molecule has 0 saturated carbocycles. The minimum Gasteiger partial charge on any atom is -0.389 e. The molecule has 20 heavy (non-hydrogen) atoms. The normalized spacial score (nSPS) is 12.6. The predicted molar refractivity (Wildman–Crippen MR) is 70.3 cm³/mol. The van der Waals surface area contributed by atoms with Crippen LogP contribution in [0, 0.1) is 0 Å². The Morgan fingerprint density at radius 2 is 2.10 bits per heavy atom. The zero-order valence-corrected chi connectivity index (χ0v) is 11.1. The van der Waals surface area contributed by atoms with Gasteiger partial charge in [-0.3, -0.25) is 18.7 Å². The topological polar surface area (TPSA) is 111 Å². The largest absolute Gasteiger partial charge is 0.389 e. The number of rotatable bonds is 5. The van der Waals surface area contributed by atoms with Crippen molar-refractivity contribution in [3.8, 4) is 0 Å². The highest BCUT2D eigenvalue weighted by Crippen LogP contribution is 2.06. The molecule has 0 fully saturated rings. The van der Waals surface area contributed by atoms with Gasteiger partial charge in [0.25, 0.3) is 5.56 Å². The van der Waals surface area contributed by atoms with Crippen LogP contribution in [0.2, 0.25) is 0 Å². The molecule has 1 atom stereocenters. The Hall–Kier alpha value is -2.42. The Balaban J connectivity index is 2.49. The van der Waals surface area contributed by atoms with Gasteiger partial charge >= 0.3 is 5.69 Å². The number of nitrogens with zero attached hydrogens (tertiary/aromatic N) is 4. The number of hydrogen-bond acceptors (Lipinski definition) is 5. The molecule has 2 rings (SSSR count). The number of aryl methyl sites for hydroxylation is 1. The van der Waals surface area contributed by atoms with Crippen molar-refractivity contribution in [3.05, 3.63) is 27.2 Å². The van der Waals surface area contributed by atoms with Crippen molar-refractivity contribution in [1.82, 2.24) is 24.0 Å². The van der Waals surface area contributed by atoms with Crippen LogP contribution < -0.4 is 16.6 Å². The number of aliphatic hydroxyl groups excluding tert-OH is 1. The Kier molecular flexibility index (Phi) is 3.70. The fraction of sp³-hybridized carbons (Fsp3) is 0.455. The second-order valence-corrected chi connectivity index (χ2v) is 4.45. The highest BCUT2D eigenvalue weighted by Gasteiger charge is 2.15. The molecule has 0 aliphatic heterocycles. The third-order valence-electron chi connectivity index (χ3n) is 3.06. The molecule has 0 aromatic carbocycles. The first kappa shape index (κ1) is 14.0. The minimum absolute atomic E-state index is 0.0647. The van der Waals surface area contributed by atoms with Crippen molar-refractivity contribution in [1.29, 1.82) is 0 Å². The van der Waals surface area contributed by atoms with Crippen LogP contribution in [-0.4, -0.2) is 42.9 Å². The van der Waals surface area contributed by atoms with E-state index in [1.807, 2.05) is 0 Å². The molecule has 0 unspecified atom stereocenters. The van der Waals surface area contributed by atoms with Crippen LogP contribution in [0.4, 0.5) is 0 Å². The van der Waals surface area contributed by atoms with Gasteiger partial charge in [-0.05, 0) is 0 Å². The van der Waals surface area contributed by atoms with Crippen LogP contribution in [0.1, 0.15) is 0 Å². The number of imidazole rings is 1. The second-order valence-electron chi connectivity index (χ2n) is 4.45. The van der Waals surface area contributed by atoms with Crippen LogP contribution in [0.15, 0.2) is 15.9 Å². The minimum atomic E-state index is -0.862. The van der Waals surface area contributed by atoms with Gasteiger partial charge in [0.2, 0.25) is 6.41 Å². The summed E-state index contributed by atoms with van der Waals surface area (Å²) in [6, 6.07) is 0. The fourth-order valence-electron chi connectivity index (χ4n) is 2.01. The molecular weight excluding hydrogens is 266 g/mol. The molecule has 0 bridgehead atoms. The van der Waals surface area contributed by atoms with E-state index in [-0.39, 0.29) is 24.3 Å². The van der Waals surface area contributed by atoms with Crippen LogP contribution in [0.25, 0.3) is 11.2 Å². The lowest BCUT2D eigenvalue weighted by molar-refractivity contribution is -0.110. The van der Waals surface area contributed by atoms with Gasteiger partial charge in [0.05, 0.1) is 19.0 Å². The van der Waals surface area contributed by atoms with Gasteiger partial charge in [0, 0.05) is 20.6 Å². The van der Waals surface area contributed by atoms with Gasteiger partial charge in [0.15, 0.2) is 11.2 Å². The van der Waals surface area contributed by atoms with Gasteiger partial charge in [-0.25, -0.2) is 9.78 Å². The molecule has 9 nitrogen and oxygen atoms in total. The molecule has 0 saturated heterocycles.